The molecule has 5 heteroatoms. The molecule has 0 saturated carbocycles. The van der Waals surface area contributed by atoms with E-state index in [2.05, 4.69) is 140 Å². The lowest BCUT2D eigenvalue weighted by Gasteiger charge is -2.10. The van der Waals surface area contributed by atoms with Crippen LogP contribution in [-0.2, 0) is 0 Å². The summed E-state index contributed by atoms with van der Waals surface area (Å²) in [7, 11) is 0. The molecule has 7 aromatic carbocycles. The van der Waals surface area contributed by atoms with Crippen LogP contribution < -0.4 is 0 Å². The smallest absolute Gasteiger partial charge is 0.165 e. The van der Waals surface area contributed by atoms with E-state index in [-0.39, 0.29) is 0 Å². The van der Waals surface area contributed by atoms with Gasteiger partial charge in [-0.3, -0.25) is 0 Å². The van der Waals surface area contributed by atoms with Crippen LogP contribution in [0.25, 0.3) is 98.5 Å². The van der Waals surface area contributed by atoms with Crippen LogP contribution in [0.15, 0.2) is 168 Å². The van der Waals surface area contributed by atoms with E-state index >= 15 is 0 Å². The molecule has 3 aromatic heterocycles. The molecule has 3 heterocycles. The van der Waals surface area contributed by atoms with E-state index in [1.54, 1.807) is 11.3 Å². The predicted molar refractivity (Wildman–Crippen MR) is 207 cm³/mol. The van der Waals surface area contributed by atoms with Gasteiger partial charge in [0.25, 0.3) is 0 Å². The van der Waals surface area contributed by atoms with Crippen molar-refractivity contribution >= 4 is 53.4 Å². The summed E-state index contributed by atoms with van der Waals surface area (Å²) in [4.78, 5) is 15.3. The van der Waals surface area contributed by atoms with Gasteiger partial charge in [0.05, 0.1) is 0 Å². The lowest BCUT2D eigenvalue weighted by atomic mass is 9.98. The molecule has 0 fully saturated rings. The number of nitrogens with zero attached hydrogens (tertiary/aromatic N) is 3. The minimum Gasteiger partial charge on any atom is -0.456 e. The molecule has 0 aliphatic rings. The van der Waals surface area contributed by atoms with Gasteiger partial charge in [-0.15, -0.1) is 11.3 Å². The molecule has 0 N–H and O–H groups in total. The van der Waals surface area contributed by atoms with Gasteiger partial charge < -0.3 is 4.42 Å². The van der Waals surface area contributed by atoms with Gasteiger partial charge in [-0.25, -0.2) is 15.0 Å². The Kier molecular flexibility index (Phi) is 6.64. The van der Waals surface area contributed by atoms with Gasteiger partial charge in [-0.2, -0.15) is 0 Å². The number of thiophene rings is 1. The molecule has 0 saturated heterocycles. The number of benzene rings is 7. The molecular weight excluding hydrogens is 631 g/mol. The molecule has 10 rings (SSSR count). The number of hydrogen-bond acceptors (Lipinski definition) is 5. The van der Waals surface area contributed by atoms with Gasteiger partial charge in [0.1, 0.15) is 11.2 Å². The summed E-state index contributed by atoms with van der Waals surface area (Å²) in [6, 6.07) is 56.8. The van der Waals surface area contributed by atoms with Crippen molar-refractivity contribution in [2.45, 2.75) is 0 Å². The minimum absolute atomic E-state index is 0.633. The molecule has 0 amide bonds. The van der Waals surface area contributed by atoms with E-state index in [0.717, 1.165) is 55.3 Å². The third kappa shape index (κ3) is 4.79. The van der Waals surface area contributed by atoms with Crippen LogP contribution >= 0.6 is 11.3 Å². The Bertz CT molecular complexity index is 2850. The summed E-state index contributed by atoms with van der Waals surface area (Å²) in [5.41, 5.74) is 9.19. The summed E-state index contributed by atoms with van der Waals surface area (Å²) in [5, 5.41) is 4.69. The standard InChI is InChI=1S/C45H27N3OS/c1-2-10-28(11-3-1)29-20-24-31(25-21-29)43-46-44(48-45(47-43)37-16-8-15-35-34-12-5-7-19-40(34)50-42(35)37)32-26-22-30(23-27-32)33-14-9-18-39-41(33)36-13-4-6-17-38(36)49-39/h1-27H. The van der Waals surface area contributed by atoms with Gasteiger partial charge in [-0.05, 0) is 46.5 Å². The van der Waals surface area contributed by atoms with Gasteiger partial charge in [-0.1, -0.05) is 140 Å². The number of para-hydroxylation sites is 1. The molecule has 0 atom stereocenters. The van der Waals surface area contributed by atoms with Crippen molar-refractivity contribution in [3.63, 3.8) is 0 Å². The van der Waals surface area contributed by atoms with Crippen molar-refractivity contribution in [3.8, 4) is 56.4 Å². The lowest BCUT2D eigenvalue weighted by molar-refractivity contribution is 0.669. The highest BCUT2D eigenvalue weighted by Gasteiger charge is 2.18. The Labute approximate surface area is 292 Å². The van der Waals surface area contributed by atoms with Gasteiger partial charge >= 0.3 is 0 Å². The van der Waals surface area contributed by atoms with Gasteiger partial charge in [0, 0.05) is 47.6 Å². The molecule has 0 spiro atoms. The largest absolute Gasteiger partial charge is 0.456 e. The van der Waals surface area contributed by atoms with Crippen LogP contribution in [0.4, 0.5) is 0 Å². The Morgan fingerprint density at radius 3 is 1.68 bits per heavy atom. The summed E-state index contributed by atoms with van der Waals surface area (Å²) in [5.74, 6) is 1.93. The van der Waals surface area contributed by atoms with Crippen LogP contribution in [0.2, 0.25) is 0 Å². The number of aromatic nitrogens is 3. The first-order valence-corrected chi connectivity index (χ1v) is 17.4. The maximum absolute atomic E-state index is 6.17. The maximum Gasteiger partial charge on any atom is 0.165 e. The highest BCUT2D eigenvalue weighted by Crippen LogP contribution is 2.40. The van der Waals surface area contributed by atoms with Crippen molar-refractivity contribution < 1.29 is 4.42 Å². The molecule has 10 aromatic rings. The fourth-order valence-electron chi connectivity index (χ4n) is 6.93. The van der Waals surface area contributed by atoms with E-state index in [0.29, 0.717) is 17.5 Å². The summed E-state index contributed by atoms with van der Waals surface area (Å²) in [6.45, 7) is 0. The van der Waals surface area contributed by atoms with Crippen molar-refractivity contribution in [2.24, 2.45) is 0 Å². The van der Waals surface area contributed by atoms with Crippen molar-refractivity contribution in [1.29, 1.82) is 0 Å². The van der Waals surface area contributed by atoms with Crippen molar-refractivity contribution in [3.05, 3.63) is 164 Å². The van der Waals surface area contributed by atoms with Crippen LogP contribution in [0, 0.1) is 0 Å². The first-order chi connectivity index (χ1) is 24.8. The second-order valence-electron chi connectivity index (χ2n) is 12.4. The Balaban J connectivity index is 1.12. The third-order valence-electron chi connectivity index (χ3n) is 9.39. The average molecular weight is 658 g/mol. The fourth-order valence-corrected chi connectivity index (χ4v) is 8.15. The zero-order valence-electron chi connectivity index (χ0n) is 26.7. The number of rotatable bonds is 5. The molecule has 4 nitrogen and oxygen atoms in total. The Morgan fingerprint density at radius 2 is 0.900 bits per heavy atom. The molecule has 0 aliphatic carbocycles. The van der Waals surface area contributed by atoms with Crippen LogP contribution in [0.1, 0.15) is 0 Å². The van der Waals surface area contributed by atoms with Crippen LogP contribution in [0.5, 0.6) is 0 Å². The number of furan rings is 1. The van der Waals surface area contributed by atoms with E-state index < -0.39 is 0 Å². The minimum atomic E-state index is 0.633. The summed E-state index contributed by atoms with van der Waals surface area (Å²) >= 11 is 1.78. The summed E-state index contributed by atoms with van der Waals surface area (Å²) in [6.07, 6.45) is 0. The highest BCUT2D eigenvalue weighted by atomic mass is 32.1. The van der Waals surface area contributed by atoms with E-state index in [9.17, 15) is 0 Å². The monoisotopic (exact) mass is 657 g/mol. The molecule has 0 bridgehead atoms. The van der Waals surface area contributed by atoms with Gasteiger partial charge in [0.15, 0.2) is 17.5 Å². The van der Waals surface area contributed by atoms with E-state index in [4.69, 9.17) is 19.4 Å². The van der Waals surface area contributed by atoms with Crippen molar-refractivity contribution in [1.82, 2.24) is 15.0 Å². The zero-order chi connectivity index (χ0) is 33.0. The quantitative estimate of drug-likeness (QED) is 0.185. The first kappa shape index (κ1) is 28.6. The zero-order valence-corrected chi connectivity index (χ0v) is 27.6. The normalized spacial score (nSPS) is 11.6. The molecule has 0 unspecified atom stereocenters. The molecule has 234 valence electrons. The first-order valence-electron chi connectivity index (χ1n) is 16.6. The fraction of sp³-hybridized carbons (Fsp3) is 0. The predicted octanol–water partition coefficient (Wildman–Crippen LogP) is 12.5. The molecule has 50 heavy (non-hydrogen) atoms. The van der Waals surface area contributed by atoms with Gasteiger partial charge in [0.2, 0.25) is 0 Å². The molecule has 0 radical (unpaired) electrons. The van der Waals surface area contributed by atoms with E-state index in [1.807, 2.05) is 24.3 Å². The van der Waals surface area contributed by atoms with E-state index in [1.165, 1.54) is 25.7 Å². The average Bonchev–Trinajstić information content (AvgIpc) is 3.77. The number of fused-ring (bicyclic) bond motifs is 6. The highest BCUT2D eigenvalue weighted by molar-refractivity contribution is 7.26. The molecule has 0 aliphatic heterocycles. The third-order valence-corrected chi connectivity index (χ3v) is 10.6. The van der Waals surface area contributed by atoms with Crippen molar-refractivity contribution in [2.75, 3.05) is 0 Å². The topological polar surface area (TPSA) is 51.8 Å². The molecular formula is C45H27N3OS. The van der Waals surface area contributed by atoms with Crippen LogP contribution in [-0.4, -0.2) is 15.0 Å². The SMILES string of the molecule is c1ccc(-c2ccc(-c3nc(-c4ccc(-c5cccc6oc7ccccc7c56)cc4)nc(-c4cccc5c4sc4ccccc45)n3)cc2)cc1. The second kappa shape index (κ2) is 11.6. The Hall–Kier alpha value is -6.43. The Morgan fingerprint density at radius 1 is 0.360 bits per heavy atom. The lowest BCUT2D eigenvalue weighted by Crippen LogP contribution is -2.00. The number of hydrogen-bond donors (Lipinski definition) is 0. The maximum atomic E-state index is 6.17. The van der Waals surface area contributed by atoms with Crippen LogP contribution in [0.3, 0.4) is 0 Å². The second-order valence-corrected chi connectivity index (χ2v) is 13.4. The summed E-state index contributed by atoms with van der Waals surface area (Å²) < 4.78 is 8.59.